The lowest BCUT2D eigenvalue weighted by molar-refractivity contribution is 0.0662. The van der Waals surface area contributed by atoms with Crippen molar-refractivity contribution in [1.82, 2.24) is 0 Å². The van der Waals surface area contributed by atoms with E-state index in [1.165, 1.54) is 42.5 Å². The van der Waals surface area contributed by atoms with Gasteiger partial charge in [-0.05, 0) is 88.9 Å². The molecule has 0 spiro atoms. The van der Waals surface area contributed by atoms with E-state index in [4.69, 9.17) is 9.16 Å². The molecule has 4 fully saturated rings. The third-order valence-corrected chi connectivity index (χ3v) is 14.6. The lowest BCUT2D eigenvalue weighted by Crippen LogP contribution is -2.68. The van der Waals surface area contributed by atoms with Crippen molar-refractivity contribution in [3.63, 3.8) is 0 Å². The molecule has 0 aliphatic heterocycles. The average molecular weight is 553 g/mol. The van der Waals surface area contributed by atoms with Gasteiger partial charge in [0.05, 0.1) is 6.61 Å². The van der Waals surface area contributed by atoms with E-state index < -0.39 is 8.32 Å². The van der Waals surface area contributed by atoms with Crippen molar-refractivity contribution in [2.45, 2.75) is 64.3 Å². The standard InChI is InChI=1S/C36H44O3Si/c1-36(2,3)40(32-14-6-4-7-15-32,33-16-8-5-9-17-33)39-31-13-10-12-28(25-31)35(38-19-11-18-37)34-29-21-26-20-27(23-29)24-30(34)22-26/h4-10,12-17,25-27,29-30,37H,11,18-24H2,1-3H3. The number of aliphatic hydroxyl groups excluding tert-OH is 1. The maximum atomic E-state index is 9.51. The van der Waals surface area contributed by atoms with E-state index in [9.17, 15) is 5.11 Å². The zero-order chi connectivity index (χ0) is 27.7. The summed E-state index contributed by atoms with van der Waals surface area (Å²) in [6, 6.07) is 30.4. The number of hydrogen-bond donors (Lipinski definition) is 1. The molecule has 0 saturated heterocycles. The second-order valence-corrected chi connectivity index (χ2v) is 17.5. The molecule has 4 aliphatic rings. The van der Waals surface area contributed by atoms with Gasteiger partial charge in [0.25, 0.3) is 0 Å². The Morgan fingerprint density at radius 3 is 1.88 bits per heavy atom. The Labute approximate surface area is 241 Å². The molecule has 4 saturated carbocycles. The average Bonchev–Trinajstić information content (AvgIpc) is 2.95. The van der Waals surface area contributed by atoms with E-state index in [1.54, 1.807) is 5.57 Å². The molecule has 0 radical (unpaired) electrons. The first kappa shape index (κ1) is 27.4. The zero-order valence-electron chi connectivity index (χ0n) is 24.3. The van der Waals surface area contributed by atoms with Gasteiger partial charge >= 0.3 is 8.32 Å². The van der Waals surface area contributed by atoms with Gasteiger partial charge < -0.3 is 14.3 Å². The van der Waals surface area contributed by atoms with E-state index in [0.717, 1.165) is 28.9 Å². The first-order chi connectivity index (χ1) is 19.4. The summed E-state index contributed by atoms with van der Waals surface area (Å²) < 4.78 is 14.0. The molecule has 210 valence electrons. The third kappa shape index (κ3) is 5.05. The summed E-state index contributed by atoms with van der Waals surface area (Å²) in [6.07, 6.45) is 7.33. The number of rotatable bonds is 9. The van der Waals surface area contributed by atoms with E-state index >= 15 is 0 Å². The van der Waals surface area contributed by atoms with Crippen LogP contribution < -0.4 is 14.8 Å². The van der Waals surface area contributed by atoms with Gasteiger partial charge in [-0.15, -0.1) is 0 Å². The molecule has 1 N–H and O–H groups in total. The second kappa shape index (κ2) is 11.2. The van der Waals surface area contributed by atoms with Gasteiger partial charge in [0.15, 0.2) is 0 Å². The van der Waals surface area contributed by atoms with Crippen molar-refractivity contribution >= 4 is 24.5 Å². The number of allylic oxidation sites excluding steroid dienone is 1. The molecule has 0 aromatic heterocycles. The third-order valence-electron chi connectivity index (χ3n) is 9.61. The monoisotopic (exact) mass is 552 g/mol. The number of aliphatic hydroxyl groups is 1. The van der Waals surface area contributed by atoms with E-state index in [2.05, 4.69) is 106 Å². The van der Waals surface area contributed by atoms with Crippen molar-refractivity contribution in [3.05, 3.63) is 96.1 Å². The molecule has 0 heterocycles. The smallest absolute Gasteiger partial charge is 0.319 e. The molecule has 4 heteroatoms. The molecule has 3 aromatic carbocycles. The van der Waals surface area contributed by atoms with Crippen LogP contribution in [0.5, 0.6) is 5.75 Å². The van der Waals surface area contributed by atoms with Gasteiger partial charge in [-0.1, -0.05) is 93.6 Å². The summed E-state index contributed by atoms with van der Waals surface area (Å²) in [4.78, 5) is 0. The number of hydrogen-bond acceptors (Lipinski definition) is 3. The predicted molar refractivity (Wildman–Crippen MR) is 166 cm³/mol. The highest BCUT2D eigenvalue weighted by molar-refractivity contribution is 7.00. The molecule has 3 nitrogen and oxygen atoms in total. The van der Waals surface area contributed by atoms with Gasteiger partial charge in [-0.3, -0.25) is 0 Å². The molecule has 7 rings (SSSR count). The Kier molecular flexibility index (Phi) is 7.67. The van der Waals surface area contributed by atoms with Crippen molar-refractivity contribution in [2.24, 2.45) is 23.7 Å². The summed E-state index contributed by atoms with van der Waals surface area (Å²) in [5, 5.41) is 12.0. The molecule has 3 aromatic rings. The van der Waals surface area contributed by atoms with Gasteiger partial charge in [-0.2, -0.15) is 0 Å². The number of ether oxygens (including phenoxy) is 1. The fourth-order valence-electron chi connectivity index (χ4n) is 8.16. The Hall–Kier alpha value is -2.82. The first-order valence-corrected chi connectivity index (χ1v) is 17.2. The van der Waals surface area contributed by atoms with Gasteiger partial charge in [0.2, 0.25) is 0 Å². The maximum absolute atomic E-state index is 9.51. The highest BCUT2D eigenvalue weighted by Gasteiger charge is 2.52. The second-order valence-electron chi connectivity index (χ2n) is 13.3. The van der Waals surface area contributed by atoms with Crippen LogP contribution >= 0.6 is 0 Å². The molecular formula is C36H44O3Si. The van der Waals surface area contributed by atoms with Crippen LogP contribution in [0.3, 0.4) is 0 Å². The molecule has 0 amide bonds. The van der Waals surface area contributed by atoms with Gasteiger partial charge in [0, 0.05) is 18.6 Å². The number of benzene rings is 3. The predicted octanol–water partition coefficient (Wildman–Crippen LogP) is 7.19. The van der Waals surface area contributed by atoms with Crippen LogP contribution in [-0.2, 0) is 4.74 Å². The SMILES string of the molecule is CC(C)(C)[Si](Oc1cccc(C(OCCCO)=C2C3CC4CC(C3)CC2C4)c1)(c1ccccc1)c1ccccc1. The molecular weight excluding hydrogens is 508 g/mol. The van der Waals surface area contributed by atoms with Crippen LogP contribution in [0.15, 0.2) is 90.5 Å². The Morgan fingerprint density at radius 1 is 0.775 bits per heavy atom. The lowest BCUT2D eigenvalue weighted by atomic mass is 9.54. The molecule has 40 heavy (non-hydrogen) atoms. The Bertz CT molecular complexity index is 1260. The first-order valence-electron chi connectivity index (χ1n) is 15.3. The van der Waals surface area contributed by atoms with Crippen molar-refractivity contribution in [1.29, 1.82) is 0 Å². The Morgan fingerprint density at radius 2 is 1.35 bits per heavy atom. The normalized spacial score (nSPS) is 23.8. The van der Waals surface area contributed by atoms with Crippen LogP contribution in [0.25, 0.3) is 5.76 Å². The largest absolute Gasteiger partial charge is 0.534 e. The van der Waals surface area contributed by atoms with E-state index in [1.807, 2.05) is 0 Å². The van der Waals surface area contributed by atoms with Gasteiger partial charge in [0.1, 0.15) is 11.5 Å². The summed E-state index contributed by atoms with van der Waals surface area (Å²) in [5.41, 5.74) is 2.67. The van der Waals surface area contributed by atoms with Crippen molar-refractivity contribution in [2.75, 3.05) is 13.2 Å². The van der Waals surface area contributed by atoms with E-state index in [-0.39, 0.29) is 11.6 Å². The minimum Gasteiger partial charge on any atom is -0.534 e. The minimum atomic E-state index is -2.73. The quantitative estimate of drug-likeness (QED) is 0.173. The van der Waals surface area contributed by atoms with Crippen molar-refractivity contribution in [3.8, 4) is 5.75 Å². The summed E-state index contributed by atoms with van der Waals surface area (Å²) in [5.74, 6) is 5.04. The van der Waals surface area contributed by atoms with Gasteiger partial charge in [-0.25, -0.2) is 0 Å². The fraction of sp³-hybridized carbons (Fsp3) is 0.444. The Balaban J connectivity index is 1.44. The van der Waals surface area contributed by atoms with Crippen LogP contribution in [0, 0.1) is 23.7 Å². The molecule has 4 bridgehead atoms. The summed E-state index contributed by atoms with van der Waals surface area (Å²) >= 11 is 0. The minimum absolute atomic E-state index is 0.105. The molecule has 0 atom stereocenters. The van der Waals surface area contributed by atoms with Crippen LogP contribution in [0.2, 0.25) is 5.04 Å². The molecule has 4 aliphatic carbocycles. The van der Waals surface area contributed by atoms with Crippen LogP contribution in [-0.4, -0.2) is 26.6 Å². The zero-order valence-corrected chi connectivity index (χ0v) is 25.3. The highest BCUT2D eigenvalue weighted by Crippen LogP contribution is 2.58. The maximum Gasteiger partial charge on any atom is 0.319 e. The highest BCUT2D eigenvalue weighted by atomic mass is 28.4. The summed E-state index contributed by atoms with van der Waals surface area (Å²) in [6.45, 7) is 7.66. The van der Waals surface area contributed by atoms with Crippen molar-refractivity contribution < 1.29 is 14.3 Å². The lowest BCUT2D eigenvalue weighted by Gasteiger charge is -2.51. The summed E-state index contributed by atoms with van der Waals surface area (Å²) in [7, 11) is -2.73. The fourth-order valence-corrected chi connectivity index (χ4v) is 12.6. The van der Waals surface area contributed by atoms with Crippen LogP contribution in [0.1, 0.15) is 64.9 Å². The van der Waals surface area contributed by atoms with E-state index in [0.29, 0.717) is 24.9 Å². The molecule has 0 unspecified atom stereocenters. The van der Waals surface area contributed by atoms with Crippen LogP contribution in [0.4, 0.5) is 0 Å². The topological polar surface area (TPSA) is 38.7 Å².